The predicted octanol–water partition coefficient (Wildman–Crippen LogP) is 1.91. The lowest BCUT2D eigenvalue weighted by molar-refractivity contribution is -0.127. The lowest BCUT2D eigenvalue weighted by Crippen LogP contribution is -2.38. The molecule has 0 fully saturated rings. The van der Waals surface area contributed by atoms with E-state index in [1.165, 1.54) is 26.2 Å². The van der Waals surface area contributed by atoms with Crippen LogP contribution in [0.4, 0.5) is 0 Å². The Morgan fingerprint density at radius 1 is 1.07 bits per heavy atom. The number of nitrogens with one attached hydrogen (secondary N) is 1. The summed E-state index contributed by atoms with van der Waals surface area (Å²) >= 11 is 0. The smallest absolute Gasteiger partial charge is 0.260 e. The van der Waals surface area contributed by atoms with Crippen LogP contribution < -0.4 is 19.5 Å². The predicted molar refractivity (Wildman–Crippen MR) is 109 cm³/mol. The lowest BCUT2D eigenvalue weighted by atomic mass is 10.3. The van der Waals surface area contributed by atoms with E-state index in [4.69, 9.17) is 14.2 Å². The maximum absolute atomic E-state index is 12.1. The highest BCUT2D eigenvalue weighted by Crippen LogP contribution is 2.20. The molecule has 9 heteroatoms. The summed E-state index contributed by atoms with van der Waals surface area (Å²) in [6.07, 6.45) is -0.683. The van der Waals surface area contributed by atoms with E-state index in [0.29, 0.717) is 17.2 Å². The first-order chi connectivity index (χ1) is 13.7. The van der Waals surface area contributed by atoms with Gasteiger partial charge < -0.3 is 19.5 Å². The van der Waals surface area contributed by atoms with E-state index in [-0.39, 0.29) is 24.0 Å². The van der Waals surface area contributed by atoms with Crippen molar-refractivity contribution >= 4 is 15.9 Å². The van der Waals surface area contributed by atoms with Crippen LogP contribution in [0.2, 0.25) is 0 Å². The zero-order valence-electron chi connectivity index (χ0n) is 16.9. The minimum Gasteiger partial charge on any atom is -0.497 e. The summed E-state index contributed by atoms with van der Waals surface area (Å²) in [6.45, 7) is 2.17. The van der Waals surface area contributed by atoms with Crippen molar-refractivity contribution in [1.82, 2.24) is 9.62 Å². The number of methoxy groups -OCH3 is 1. The Balaban J connectivity index is 1.77. The first kappa shape index (κ1) is 22.5. The summed E-state index contributed by atoms with van der Waals surface area (Å²) in [5.41, 5.74) is 0. The highest BCUT2D eigenvalue weighted by molar-refractivity contribution is 7.89. The highest BCUT2D eigenvalue weighted by atomic mass is 32.2. The Bertz CT molecular complexity index is 913. The van der Waals surface area contributed by atoms with Gasteiger partial charge in [-0.1, -0.05) is 6.07 Å². The fourth-order valence-electron chi connectivity index (χ4n) is 2.34. The topological polar surface area (TPSA) is 94.2 Å². The molecule has 29 heavy (non-hydrogen) atoms. The molecule has 0 spiro atoms. The maximum Gasteiger partial charge on any atom is 0.260 e. The van der Waals surface area contributed by atoms with Crippen LogP contribution >= 0.6 is 0 Å². The quantitative estimate of drug-likeness (QED) is 0.588. The maximum atomic E-state index is 12.1. The number of sulfonamides is 1. The average molecular weight is 423 g/mol. The molecule has 8 nitrogen and oxygen atoms in total. The van der Waals surface area contributed by atoms with E-state index in [9.17, 15) is 13.2 Å². The van der Waals surface area contributed by atoms with Crippen molar-refractivity contribution in [2.24, 2.45) is 0 Å². The second kappa shape index (κ2) is 10.1. The minimum absolute atomic E-state index is 0.187. The summed E-state index contributed by atoms with van der Waals surface area (Å²) in [5, 5.41) is 2.73. The van der Waals surface area contributed by atoms with E-state index in [1.54, 1.807) is 50.4 Å². The van der Waals surface area contributed by atoms with Crippen LogP contribution in [0.15, 0.2) is 53.4 Å². The number of rotatable bonds is 10. The molecule has 0 unspecified atom stereocenters. The number of ether oxygens (including phenoxy) is 3. The Hall–Kier alpha value is -2.78. The molecule has 158 valence electrons. The van der Waals surface area contributed by atoms with Crippen LogP contribution in [0.5, 0.6) is 17.2 Å². The molecule has 0 aliphatic carbocycles. The van der Waals surface area contributed by atoms with Crippen molar-refractivity contribution in [3.8, 4) is 17.2 Å². The van der Waals surface area contributed by atoms with Gasteiger partial charge in [0, 0.05) is 20.2 Å². The average Bonchev–Trinajstić information content (AvgIpc) is 2.71. The molecule has 1 amide bonds. The van der Waals surface area contributed by atoms with Crippen molar-refractivity contribution in [3.63, 3.8) is 0 Å². The van der Waals surface area contributed by atoms with E-state index >= 15 is 0 Å². The highest BCUT2D eigenvalue weighted by Gasteiger charge is 2.17. The number of nitrogens with zero attached hydrogens (tertiary/aromatic N) is 1. The standard InChI is InChI=1S/C20H26N2O6S/c1-15(28-18-7-5-6-17(14-18)26-4)20(23)21-12-13-27-16-8-10-19(11-9-16)29(24,25)22(2)3/h5-11,14-15H,12-13H2,1-4H3,(H,21,23)/t15-/m0/s1. The molecule has 0 radical (unpaired) electrons. The van der Waals surface area contributed by atoms with Gasteiger partial charge in [0.15, 0.2) is 6.10 Å². The summed E-state index contributed by atoms with van der Waals surface area (Å²) < 4.78 is 41.5. The largest absolute Gasteiger partial charge is 0.497 e. The number of benzene rings is 2. The minimum atomic E-state index is -3.47. The molecule has 0 aliphatic heterocycles. The van der Waals surface area contributed by atoms with Crippen LogP contribution in [0.25, 0.3) is 0 Å². The van der Waals surface area contributed by atoms with Crippen LogP contribution in [0.3, 0.4) is 0 Å². The lowest BCUT2D eigenvalue weighted by Gasteiger charge is -2.15. The van der Waals surface area contributed by atoms with Crippen LogP contribution in [-0.2, 0) is 14.8 Å². The van der Waals surface area contributed by atoms with E-state index in [0.717, 1.165) is 4.31 Å². The Labute approximate surface area is 171 Å². The monoisotopic (exact) mass is 422 g/mol. The van der Waals surface area contributed by atoms with Gasteiger partial charge in [-0.05, 0) is 43.3 Å². The second-order valence-corrected chi connectivity index (χ2v) is 8.49. The van der Waals surface area contributed by atoms with Gasteiger partial charge >= 0.3 is 0 Å². The van der Waals surface area contributed by atoms with Gasteiger partial charge in [-0.2, -0.15) is 0 Å². The number of hydrogen-bond acceptors (Lipinski definition) is 6. The Kier molecular flexibility index (Phi) is 7.86. The normalized spacial score (nSPS) is 12.3. The van der Waals surface area contributed by atoms with E-state index < -0.39 is 16.1 Å². The van der Waals surface area contributed by atoms with Crippen molar-refractivity contribution in [2.45, 2.75) is 17.9 Å². The van der Waals surface area contributed by atoms with Crippen molar-refractivity contribution in [2.75, 3.05) is 34.4 Å². The first-order valence-corrected chi connectivity index (χ1v) is 10.4. The van der Waals surface area contributed by atoms with Gasteiger partial charge in [0.2, 0.25) is 10.0 Å². The summed E-state index contributed by atoms with van der Waals surface area (Å²) in [6, 6.07) is 13.1. The first-order valence-electron chi connectivity index (χ1n) is 8.98. The molecule has 1 N–H and O–H groups in total. The molecule has 0 saturated heterocycles. The fourth-order valence-corrected chi connectivity index (χ4v) is 3.24. The van der Waals surface area contributed by atoms with Gasteiger partial charge in [0.1, 0.15) is 23.9 Å². The molecule has 2 rings (SSSR count). The molecule has 2 aromatic carbocycles. The Morgan fingerprint density at radius 2 is 1.72 bits per heavy atom. The van der Waals surface area contributed by atoms with Crippen LogP contribution in [0.1, 0.15) is 6.92 Å². The molecule has 2 aromatic rings. The van der Waals surface area contributed by atoms with Crippen molar-refractivity contribution in [1.29, 1.82) is 0 Å². The number of hydrogen-bond donors (Lipinski definition) is 1. The summed E-state index contributed by atoms with van der Waals surface area (Å²) in [5.74, 6) is 1.42. The molecular weight excluding hydrogens is 396 g/mol. The molecule has 0 saturated carbocycles. The van der Waals surface area contributed by atoms with Gasteiger partial charge in [-0.3, -0.25) is 4.79 Å². The molecular formula is C20H26N2O6S. The van der Waals surface area contributed by atoms with Gasteiger partial charge in [0.25, 0.3) is 5.91 Å². The molecule has 0 bridgehead atoms. The fraction of sp³-hybridized carbons (Fsp3) is 0.350. The van der Waals surface area contributed by atoms with Gasteiger partial charge in [-0.25, -0.2) is 12.7 Å². The number of carbonyl (C=O) groups excluding carboxylic acids is 1. The molecule has 0 aliphatic rings. The molecule has 1 atom stereocenters. The van der Waals surface area contributed by atoms with Crippen molar-refractivity contribution < 1.29 is 27.4 Å². The molecule has 0 aromatic heterocycles. The van der Waals surface area contributed by atoms with E-state index in [1.807, 2.05) is 0 Å². The van der Waals surface area contributed by atoms with E-state index in [2.05, 4.69) is 5.32 Å². The van der Waals surface area contributed by atoms with Crippen LogP contribution in [0, 0.1) is 0 Å². The zero-order chi connectivity index (χ0) is 21.4. The summed E-state index contributed by atoms with van der Waals surface area (Å²) in [4.78, 5) is 12.3. The summed E-state index contributed by atoms with van der Waals surface area (Å²) in [7, 11) is 1.04. The van der Waals surface area contributed by atoms with Crippen LogP contribution in [-0.4, -0.2) is 59.1 Å². The van der Waals surface area contributed by atoms with Gasteiger partial charge in [0.05, 0.1) is 18.6 Å². The van der Waals surface area contributed by atoms with Crippen molar-refractivity contribution in [3.05, 3.63) is 48.5 Å². The SMILES string of the molecule is COc1cccc(O[C@@H](C)C(=O)NCCOc2ccc(S(=O)(=O)N(C)C)cc2)c1. The zero-order valence-corrected chi connectivity index (χ0v) is 17.7. The number of amides is 1. The molecule has 0 heterocycles. The van der Waals surface area contributed by atoms with Gasteiger partial charge in [-0.15, -0.1) is 0 Å². The third-order valence-corrected chi connectivity index (χ3v) is 5.82. The third-order valence-electron chi connectivity index (χ3n) is 4.00. The number of carbonyl (C=O) groups is 1. The second-order valence-electron chi connectivity index (χ2n) is 6.34. The third kappa shape index (κ3) is 6.37. The Morgan fingerprint density at radius 3 is 2.34 bits per heavy atom.